The molecule has 1 saturated carbocycles. The number of piperidine rings is 1. The Morgan fingerprint density at radius 2 is 1.91 bits per heavy atom. The summed E-state index contributed by atoms with van der Waals surface area (Å²) in [7, 11) is 0. The highest BCUT2D eigenvalue weighted by Gasteiger charge is 2.44. The molecule has 0 spiro atoms. The summed E-state index contributed by atoms with van der Waals surface area (Å²) in [5.74, 6) is 0.220. The van der Waals surface area contributed by atoms with Crippen molar-refractivity contribution in [3.63, 3.8) is 0 Å². The van der Waals surface area contributed by atoms with Crippen LogP contribution in [0.3, 0.4) is 0 Å². The summed E-state index contributed by atoms with van der Waals surface area (Å²) in [6, 6.07) is 0.215. The fraction of sp³-hybridized carbons (Fsp3) is 0.882. The van der Waals surface area contributed by atoms with Crippen LogP contribution < -0.4 is 10.6 Å². The van der Waals surface area contributed by atoms with E-state index in [4.69, 9.17) is 4.74 Å². The Morgan fingerprint density at radius 3 is 2.57 bits per heavy atom. The molecule has 2 saturated heterocycles. The topological polar surface area (TPSA) is 70.7 Å². The van der Waals surface area contributed by atoms with Gasteiger partial charge in [-0.25, -0.2) is 0 Å². The maximum absolute atomic E-state index is 12.9. The molecule has 1 atom stereocenters. The molecule has 0 unspecified atom stereocenters. The number of morpholine rings is 1. The Morgan fingerprint density at radius 1 is 1.17 bits per heavy atom. The fourth-order valence-corrected chi connectivity index (χ4v) is 4.06. The smallest absolute Gasteiger partial charge is 0.226 e. The number of carbonyl (C=O) groups is 2. The zero-order chi connectivity index (χ0) is 16.1. The van der Waals surface area contributed by atoms with Crippen molar-refractivity contribution < 1.29 is 14.3 Å². The van der Waals surface area contributed by atoms with Gasteiger partial charge < -0.3 is 20.3 Å². The van der Waals surface area contributed by atoms with Crippen LogP contribution in [-0.2, 0) is 14.3 Å². The van der Waals surface area contributed by atoms with Crippen molar-refractivity contribution >= 4 is 11.8 Å². The first kappa shape index (κ1) is 16.7. The number of nitrogens with zero attached hydrogens (tertiary/aromatic N) is 1. The second-order valence-corrected chi connectivity index (χ2v) is 7.17. The van der Waals surface area contributed by atoms with Crippen molar-refractivity contribution in [3.05, 3.63) is 0 Å². The number of hydrogen-bond donors (Lipinski definition) is 2. The Bertz CT molecular complexity index is 423. The van der Waals surface area contributed by atoms with E-state index in [0.717, 1.165) is 51.6 Å². The van der Waals surface area contributed by atoms with Gasteiger partial charge in [0, 0.05) is 32.1 Å². The Hall–Kier alpha value is -1.14. The predicted octanol–water partition coefficient (Wildman–Crippen LogP) is 0.664. The van der Waals surface area contributed by atoms with Gasteiger partial charge in [-0.15, -0.1) is 0 Å². The van der Waals surface area contributed by atoms with Crippen LogP contribution in [0.5, 0.6) is 0 Å². The number of nitrogens with one attached hydrogen (secondary N) is 2. The van der Waals surface area contributed by atoms with Crippen molar-refractivity contribution in [2.75, 3.05) is 39.4 Å². The normalized spacial score (nSPS) is 27.7. The maximum atomic E-state index is 12.9. The molecule has 0 radical (unpaired) electrons. The van der Waals surface area contributed by atoms with Crippen LogP contribution in [0.15, 0.2) is 0 Å². The largest absolute Gasteiger partial charge is 0.378 e. The van der Waals surface area contributed by atoms with Crippen LogP contribution in [-0.4, -0.2) is 62.1 Å². The Kier molecular flexibility index (Phi) is 5.54. The average molecular weight is 323 g/mol. The van der Waals surface area contributed by atoms with Gasteiger partial charge in [0.1, 0.15) is 0 Å². The first-order valence-corrected chi connectivity index (χ1v) is 9.07. The molecular weight excluding hydrogens is 294 g/mol. The number of hydrogen-bond acceptors (Lipinski definition) is 4. The lowest BCUT2D eigenvalue weighted by Gasteiger charge is -2.34. The molecule has 6 nitrogen and oxygen atoms in total. The quantitative estimate of drug-likeness (QED) is 0.797. The van der Waals surface area contributed by atoms with Gasteiger partial charge in [-0.3, -0.25) is 9.59 Å². The van der Waals surface area contributed by atoms with Gasteiger partial charge in [0.15, 0.2) is 0 Å². The summed E-state index contributed by atoms with van der Waals surface area (Å²) in [6.45, 7) is 4.41. The molecule has 3 aliphatic rings. The zero-order valence-electron chi connectivity index (χ0n) is 13.9. The Balaban J connectivity index is 1.61. The number of rotatable bonds is 4. The molecule has 6 heteroatoms. The van der Waals surface area contributed by atoms with E-state index in [0.29, 0.717) is 32.7 Å². The second kappa shape index (κ2) is 7.62. The van der Waals surface area contributed by atoms with Gasteiger partial charge in [-0.1, -0.05) is 12.8 Å². The minimum absolute atomic E-state index is 0.102. The minimum Gasteiger partial charge on any atom is -0.378 e. The van der Waals surface area contributed by atoms with Crippen molar-refractivity contribution in [1.82, 2.24) is 15.5 Å². The van der Waals surface area contributed by atoms with E-state index < -0.39 is 5.41 Å². The summed E-state index contributed by atoms with van der Waals surface area (Å²) in [4.78, 5) is 27.4. The van der Waals surface area contributed by atoms with E-state index in [9.17, 15) is 9.59 Å². The molecular formula is C17H29N3O3. The molecule has 3 fully saturated rings. The molecule has 1 aliphatic carbocycles. The third-order valence-electron chi connectivity index (χ3n) is 5.53. The van der Waals surface area contributed by atoms with Gasteiger partial charge in [0.25, 0.3) is 0 Å². The first-order chi connectivity index (χ1) is 11.2. The van der Waals surface area contributed by atoms with E-state index >= 15 is 0 Å². The molecule has 2 aliphatic heterocycles. The van der Waals surface area contributed by atoms with Gasteiger partial charge in [0.05, 0.1) is 18.6 Å². The third kappa shape index (κ3) is 4.04. The van der Waals surface area contributed by atoms with Crippen molar-refractivity contribution in [3.8, 4) is 0 Å². The molecule has 130 valence electrons. The summed E-state index contributed by atoms with van der Waals surface area (Å²) >= 11 is 0. The Labute approximate surface area is 138 Å². The number of amides is 2. The molecule has 2 N–H and O–H groups in total. The molecule has 0 aromatic carbocycles. The van der Waals surface area contributed by atoms with Crippen molar-refractivity contribution in [2.45, 2.75) is 51.0 Å². The summed E-state index contributed by atoms with van der Waals surface area (Å²) in [5, 5.41) is 6.55. The molecule has 0 bridgehead atoms. The molecule has 2 heterocycles. The van der Waals surface area contributed by atoms with Crippen LogP contribution in [0.2, 0.25) is 0 Å². The van der Waals surface area contributed by atoms with Crippen LogP contribution in [0, 0.1) is 5.41 Å². The van der Waals surface area contributed by atoms with Crippen LogP contribution in [0.4, 0.5) is 0 Å². The third-order valence-corrected chi connectivity index (χ3v) is 5.53. The zero-order valence-corrected chi connectivity index (χ0v) is 13.9. The van der Waals surface area contributed by atoms with E-state index in [1.807, 2.05) is 4.90 Å². The number of carbonyl (C=O) groups excluding carboxylic acids is 2. The average Bonchev–Trinajstić information content (AvgIpc) is 3.06. The summed E-state index contributed by atoms with van der Waals surface area (Å²) < 4.78 is 5.31. The molecule has 23 heavy (non-hydrogen) atoms. The molecule has 0 aromatic rings. The van der Waals surface area contributed by atoms with E-state index in [-0.39, 0.29) is 17.9 Å². The van der Waals surface area contributed by atoms with Crippen LogP contribution >= 0.6 is 0 Å². The lowest BCUT2D eigenvalue weighted by molar-refractivity contribution is -0.144. The highest BCUT2D eigenvalue weighted by Crippen LogP contribution is 2.42. The van der Waals surface area contributed by atoms with E-state index in [2.05, 4.69) is 10.6 Å². The molecule has 0 aromatic heterocycles. The highest BCUT2D eigenvalue weighted by molar-refractivity contribution is 5.89. The van der Waals surface area contributed by atoms with Gasteiger partial charge in [-0.2, -0.15) is 0 Å². The first-order valence-electron chi connectivity index (χ1n) is 9.07. The van der Waals surface area contributed by atoms with E-state index in [1.165, 1.54) is 0 Å². The van der Waals surface area contributed by atoms with Crippen molar-refractivity contribution in [1.29, 1.82) is 0 Å². The second-order valence-electron chi connectivity index (χ2n) is 7.17. The van der Waals surface area contributed by atoms with Gasteiger partial charge >= 0.3 is 0 Å². The van der Waals surface area contributed by atoms with Gasteiger partial charge in [0.2, 0.25) is 11.8 Å². The molecule has 3 rings (SSSR count). The summed E-state index contributed by atoms with van der Waals surface area (Å²) in [5.41, 5.74) is -0.479. The van der Waals surface area contributed by atoms with Crippen LogP contribution in [0.1, 0.15) is 44.9 Å². The van der Waals surface area contributed by atoms with Crippen molar-refractivity contribution in [2.24, 2.45) is 5.41 Å². The standard InChI is InChI=1S/C17H29N3O3/c21-15(20-8-10-23-11-9-20)12-17(5-1-2-6-17)16(22)19-14-4-3-7-18-13-14/h14,18H,1-13H2,(H,19,22)/t14-/m0/s1. The fourth-order valence-electron chi connectivity index (χ4n) is 4.06. The van der Waals surface area contributed by atoms with Crippen LogP contribution in [0.25, 0.3) is 0 Å². The maximum Gasteiger partial charge on any atom is 0.226 e. The van der Waals surface area contributed by atoms with Gasteiger partial charge in [-0.05, 0) is 32.2 Å². The van der Waals surface area contributed by atoms with E-state index in [1.54, 1.807) is 0 Å². The minimum atomic E-state index is -0.479. The monoisotopic (exact) mass is 323 g/mol. The SMILES string of the molecule is O=C(CC1(C(=O)N[C@H]2CCCNC2)CCCC1)N1CCOCC1. The molecule has 2 amide bonds. The predicted molar refractivity (Wildman–Crippen MR) is 87.0 cm³/mol. The number of ether oxygens (including phenoxy) is 1. The highest BCUT2D eigenvalue weighted by atomic mass is 16.5. The lowest BCUT2D eigenvalue weighted by Crippen LogP contribution is -2.52. The lowest BCUT2D eigenvalue weighted by atomic mass is 9.80. The summed E-state index contributed by atoms with van der Waals surface area (Å²) in [6.07, 6.45) is 6.28.